The molecule has 7 nitrogen and oxygen atoms in total. The standard InChI is InChI=1S/C10H12N4O3S/c11-5-8-3-1-2-4-9(8)18(15,16)13-6-10-12-7-17-14-10/h1-4,7,13H,5-6,11H2. The minimum atomic E-state index is -3.63. The first-order chi connectivity index (χ1) is 8.63. The van der Waals surface area contributed by atoms with Crippen LogP contribution in [0.5, 0.6) is 0 Å². The van der Waals surface area contributed by atoms with Crippen molar-refractivity contribution in [3.63, 3.8) is 0 Å². The van der Waals surface area contributed by atoms with Crippen LogP contribution in [-0.2, 0) is 23.1 Å². The average molecular weight is 268 g/mol. The van der Waals surface area contributed by atoms with Crippen molar-refractivity contribution in [2.75, 3.05) is 0 Å². The Hall–Kier alpha value is -1.77. The molecule has 0 saturated heterocycles. The van der Waals surface area contributed by atoms with Gasteiger partial charge in [0.1, 0.15) is 0 Å². The van der Waals surface area contributed by atoms with Crippen LogP contribution in [0.25, 0.3) is 0 Å². The molecule has 96 valence electrons. The predicted octanol–water partition coefficient (Wildman–Crippen LogP) is 0.00680. The number of hydrogen-bond acceptors (Lipinski definition) is 6. The quantitative estimate of drug-likeness (QED) is 0.790. The van der Waals surface area contributed by atoms with E-state index in [1.807, 2.05) is 0 Å². The molecule has 0 bridgehead atoms. The van der Waals surface area contributed by atoms with Crippen LogP contribution in [0.15, 0.2) is 40.1 Å². The number of nitrogens with two attached hydrogens (primary N) is 1. The molecular formula is C10H12N4O3S. The summed E-state index contributed by atoms with van der Waals surface area (Å²) < 4.78 is 31.0. The van der Waals surface area contributed by atoms with Crippen molar-refractivity contribution >= 4 is 10.0 Å². The van der Waals surface area contributed by atoms with Crippen molar-refractivity contribution in [3.8, 4) is 0 Å². The molecule has 0 amide bonds. The second kappa shape index (κ2) is 5.25. The van der Waals surface area contributed by atoms with E-state index in [0.29, 0.717) is 5.56 Å². The lowest BCUT2D eigenvalue weighted by Gasteiger charge is -2.08. The van der Waals surface area contributed by atoms with Gasteiger partial charge in [-0.05, 0) is 11.6 Å². The Bertz CT molecular complexity index is 610. The topological polar surface area (TPSA) is 111 Å². The predicted molar refractivity (Wildman–Crippen MR) is 62.7 cm³/mol. The highest BCUT2D eigenvalue weighted by molar-refractivity contribution is 7.89. The molecule has 0 fully saturated rings. The minimum Gasteiger partial charge on any atom is -0.343 e. The summed E-state index contributed by atoms with van der Waals surface area (Å²) in [4.78, 5) is 3.89. The monoisotopic (exact) mass is 268 g/mol. The Kier molecular flexibility index (Phi) is 3.70. The van der Waals surface area contributed by atoms with Gasteiger partial charge in [-0.2, -0.15) is 4.98 Å². The number of nitrogens with zero attached hydrogens (tertiary/aromatic N) is 2. The second-order valence-corrected chi connectivity index (χ2v) is 5.22. The van der Waals surface area contributed by atoms with Gasteiger partial charge in [-0.15, -0.1) is 0 Å². The fraction of sp³-hybridized carbons (Fsp3) is 0.200. The molecule has 0 unspecified atom stereocenters. The highest BCUT2D eigenvalue weighted by atomic mass is 32.2. The lowest BCUT2D eigenvalue weighted by atomic mass is 10.2. The lowest BCUT2D eigenvalue weighted by Crippen LogP contribution is -2.25. The molecule has 0 aliphatic carbocycles. The van der Waals surface area contributed by atoms with E-state index in [4.69, 9.17) is 5.73 Å². The molecule has 1 aromatic carbocycles. The highest BCUT2D eigenvalue weighted by Gasteiger charge is 2.17. The Labute approximate surface area is 104 Å². The van der Waals surface area contributed by atoms with Gasteiger partial charge in [0, 0.05) is 6.54 Å². The molecule has 3 N–H and O–H groups in total. The Morgan fingerprint density at radius 1 is 1.33 bits per heavy atom. The Balaban J connectivity index is 2.20. The maximum absolute atomic E-state index is 12.1. The number of nitrogens with one attached hydrogen (secondary N) is 1. The smallest absolute Gasteiger partial charge is 0.241 e. The zero-order valence-electron chi connectivity index (χ0n) is 9.41. The van der Waals surface area contributed by atoms with Crippen molar-refractivity contribution in [2.45, 2.75) is 18.0 Å². The first-order valence-corrected chi connectivity index (χ1v) is 6.64. The summed E-state index contributed by atoms with van der Waals surface area (Å²) in [5.74, 6) is 0.267. The van der Waals surface area contributed by atoms with Crippen molar-refractivity contribution < 1.29 is 12.9 Å². The first kappa shape index (κ1) is 12.7. The molecule has 2 aromatic rings. The summed E-state index contributed by atoms with van der Waals surface area (Å²) in [6.45, 7) is 0.122. The van der Waals surface area contributed by atoms with Gasteiger partial charge in [-0.3, -0.25) is 0 Å². The third-order valence-corrected chi connectivity index (χ3v) is 3.81. The van der Waals surface area contributed by atoms with E-state index in [-0.39, 0.29) is 23.8 Å². The number of sulfonamides is 1. The minimum absolute atomic E-state index is 0.0300. The molecule has 0 spiro atoms. The van der Waals surface area contributed by atoms with Gasteiger partial charge in [0.25, 0.3) is 0 Å². The summed E-state index contributed by atoms with van der Waals surface area (Å²) in [6.07, 6.45) is 1.14. The third kappa shape index (κ3) is 2.73. The molecule has 1 heterocycles. The maximum Gasteiger partial charge on any atom is 0.241 e. The van der Waals surface area contributed by atoms with Gasteiger partial charge in [0.15, 0.2) is 5.82 Å². The molecule has 0 aliphatic rings. The summed E-state index contributed by atoms with van der Waals surface area (Å²) in [5.41, 5.74) is 6.06. The van der Waals surface area contributed by atoms with E-state index in [9.17, 15) is 8.42 Å². The summed E-state index contributed by atoms with van der Waals surface area (Å²) in [6, 6.07) is 6.55. The normalized spacial score (nSPS) is 11.6. The highest BCUT2D eigenvalue weighted by Crippen LogP contribution is 2.14. The molecule has 0 aliphatic heterocycles. The Morgan fingerprint density at radius 2 is 2.11 bits per heavy atom. The van der Waals surface area contributed by atoms with Crippen LogP contribution in [0.2, 0.25) is 0 Å². The van der Waals surface area contributed by atoms with E-state index < -0.39 is 10.0 Å². The van der Waals surface area contributed by atoms with E-state index >= 15 is 0 Å². The van der Waals surface area contributed by atoms with E-state index in [2.05, 4.69) is 19.4 Å². The molecule has 18 heavy (non-hydrogen) atoms. The van der Waals surface area contributed by atoms with Gasteiger partial charge in [0.2, 0.25) is 16.4 Å². The summed E-state index contributed by atoms with van der Waals surface area (Å²) >= 11 is 0. The zero-order valence-corrected chi connectivity index (χ0v) is 10.2. The van der Waals surface area contributed by atoms with Gasteiger partial charge in [-0.25, -0.2) is 13.1 Å². The van der Waals surface area contributed by atoms with Crippen LogP contribution in [-0.4, -0.2) is 18.6 Å². The number of rotatable bonds is 5. The largest absolute Gasteiger partial charge is 0.343 e. The molecule has 8 heteroatoms. The van der Waals surface area contributed by atoms with Crippen LogP contribution >= 0.6 is 0 Å². The van der Waals surface area contributed by atoms with E-state index in [1.165, 1.54) is 6.07 Å². The van der Waals surface area contributed by atoms with Crippen LogP contribution in [0, 0.1) is 0 Å². The van der Waals surface area contributed by atoms with Crippen molar-refractivity contribution in [3.05, 3.63) is 42.0 Å². The number of aromatic nitrogens is 2. The van der Waals surface area contributed by atoms with Gasteiger partial charge in [0.05, 0.1) is 11.4 Å². The van der Waals surface area contributed by atoms with Crippen LogP contribution in [0.3, 0.4) is 0 Å². The summed E-state index contributed by atoms with van der Waals surface area (Å²) in [5, 5.41) is 3.52. The fourth-order valence-corrected chi connectivity index (χ4v) is 2.67. The second-order valence-electron chi connectivity index (χ2n) is 3.48. The molecule has 2 rings (SSSR count). The lowest BCUT2D eigenvalue weighted by molar-refractivity contribution is 0.409. The van der Waals surface area contributed by atoms with Crippen LogP contribution < -0.4 is 10.5 Å². The van der Waals surface area contributed by atoms with Crippen molar-refractivity contribution in [1.82, 2.24) is 14.9 Å². The number of benzene rings is 1. The van der Waals surface area contributed by atoms with Crippen LogP contribution in [0.1, 0.15) is 11.4 Å². The maximum atomic E-state index is 12.1. The zero-order chi connectivity index (χ0) is 13.0. The fourth-order valence-electron chi connectivity index (χ4n) is 1.44. The van der Waals surface area contributed by atoms with Crippen molar-refractivity contribution in [1.29, 1.82) is 0 Å². The van der Waals surface area contributed by atoms with Crippen molar-refractivity contribution in [2.24, 2.45) is 5.73 Å². The number of hydrogen-bond donors (Lipinski definition) is 2. The molecule has 1 aromatic heterocycles. The molecule has 0 atom stereocenters. The van der Waals surface area contributed by atoms with Crippen LogP contribution in [0.4, 0.5) is 0 Å². The van der Waals surface area contributed by atoms with Gasteiger partial charge in [-0.1, -0.05) is 23.4 Å². The van der Waals surface area contributed by atoms with E-state index in [1.54, 1.807) is 18.2 Å². The molecule has 0 saturated carbocycles. The summed E-state index contributed by atoms with van der Waals surface area (Å²) in [7, 11) is -3.63. The average Bonchev–Trinajstić information content (AvgIpc) is 2.89. The van der Waals surface area contributed by atoms with E-state index in [0.717, 1.165) is 6.39 Å². The molecule has 0 radical (unpaired) electrons. The SMILES string of the molecule is NCc1ccccc1S(=O)(=O)NCc1ncon1. The van der Waals surface area contributed by atoms with Gasteiger partial charge >= 0.3 is 0 Å². The Morgan fingerprint density at radius 3 is 2.78 bits per heavy atom. The first-order valence-electron chi connectivity index (χ1n) is 5.16. The third-order valence-electron chi connectivity index (χ3n) is 2.31. The van der Waals surface area contributed by atoms with Gasteiger partial charge < -0.3 is 10.3 Å². The molecular weight excluding hydrogens is 256 g/mol.